The van der Waals surface area contributed by atoms with Crippen LogP contribution in [-0.4, -0.2) is 55.8 Å². The van der Waals surface area contributed by atoms with Gasteiger partial charge < -0.3 is 9.64 Å². The van der Waals surface area contributed by atoms with Crippen molar-refractivity contribution in [1.82, 2.24) is 29.7 Å². The molecule has 0 saturated carbocycles. The maximum Gasteiger partial charge on any atom is 0.275 e. The zero-order chi connectivity index (χ0) is 18.3. The third-order valence-corrected chi connectivity index (χ3v) is 4.99. The first-order valence-corrected chi connectivity index (χ1v) is 8.79. The molecule has 3 heterocycles. The van der Waals surface area contributed by atoms with E-state index in [1.54, 1.807) is 11.8 Å². The van der Waals surface area contributed by atoms with Gasteiger partial charge in [0.05, 0.1) is 17.8 Å². The molecular weight excluding hydrogens is 332 g/mol. The zero-order valence-corrected chi connectivity index (χ0v) is 15.2. The van der Waals surface area contributed by atoms with Crippen molar-refractivity contribution in [2.24, 2.45) is 7.05 Å². The van der Waals surface area contributed by atoms with Crippen LogP contribution in [0.25, 0.3) is 10.9 Å². The van der Waals surface area contributed by atoms with E-state index >= 15 is 0 Å². The second-order valence-corrected chi connectivity index (χ2v) is 6.45. The van der Waals surface area contributed by atoms with Crippen LogP contribution < -0.4 is 0 Å². The van der Waals surface area contributed by atoms with Crippen LogP contribution in [0.5, 0.6) is 0 Å². The number of nitrogens with zero attached hydrogens (tertiary/aromatic N) is 6. The molecule has 0 aliphatic carbocycles. The Labute approximate surface area is 151 Å². The molecule has 26 heavy (non-hydrogen) atoms. The number of rotatable bonds is 4. The molecule has 2 aromatic heterocycles. The third-order valence-electron chi connectivity index (χ3n) is 4.99. The maximum absolute atomic E-state index is 13.3. The standard InChI is InChI=1S/C18H22N6O2/c1-4-24-14-9-10-23(15(11-26-3)17(14)19-21-24)18(25)16-12-7-5-6-8-13(12)22(2)20-16/h5-8,15H,4,9-11H2,1-3H3/t15-/m1/s1. The van der Waals surface area contributed by atoms with Gasteiger partial charge in [0.25, 0.3) is 5.91 Å². The molecule has 136 valence electrons. The van der Waals surface area contributed by atoms with E-state index in [0.29, 0.717) is 18.8 Å². The summed E-state index contributed by atoms with van der Waals surface area (Å²) < 4.78 is 9.04. The zero-order valence-electron chi connectivity index (χ0n) is 15.2. The van der Waals surface area contributed by atoms with Crippen molar-refractivity contribution in [3.8, 4) is 0 Å². The van der Waals surface area contributed by atoms with Gasteiger partial charge in [-0.1, -0.05) is 23.4 Å². The second-order valence-electron chi connectivity index (χ2n) is 6.45. The van der Waals surface area contributed by atoms with E-state index < -0.39 is 0 Å². The summed E-state index contributed by atoms with van der Waals surface area (Å²) in [6, 6.07) is 7.52. The predicted molar refractivity (Wildman–Crippen MR) is 95.8 cm³/mol. The number of hydrogen-bond acceptors (Lipinski definition) is 5. The highest BCUT2D eigenvalue weighted by Crippen LogP contribution is 2.30. The van der Waals surface area contributed by atoms with Crippen molar-refractivity contribution in [3.05, 3.63) is 41.3 Å². The van der Waals surface area contributed by atoms with Crippen LogP contribution >= 0.6 is 0 Å². The minimum absolute atomic E-state index is 0.0967. The number of fused-ring (bicyclic) bond motifs is 2. The van der Waals surface area contributed by atoms with Gasteiger partial charge in [0, 0.05) is 39.1 Å². The summed E-state index contributed by atoms with van der Waals surface area (Å²) in [4.78, 5) is 15.2. The number of aryl methyl sites for hydroxylation is 2. The molecule has 0 spiro atoms. The van der Waals surface area contributed by atoms with Gasteiger partial charge in [-0.05, 0) is 13.0 Å². The van der Waals surface area contributed by atoms with Crippen LogP contribution in [0.1, 0.15) is 34.8 Å². The number of methoxy groups -OCH3 is 1. The molecule has 1 aromatic carbocycles. The van der Waals surface area contributed by atoms with E-state index in [4.69, 9.17) is 4.74 Å². The summed E-state index contributed by atoms with van der Waals surface area (Å²) in [5.74, 6) is -0.0967. The fourth-order valence-electron chi connectivity index (χ4n) is 3.72. The van der Waals surface area contributed by atoms with Gasteiger partial charge in [0.1, 0.15) is 11.7 Å². The smallest absolute Gasteiger partial charge is 0.275 e. The Morgan fingerprint density at radius 1 is 1.35 bits per heavy atom. The number of carbonyl (C=O) groups excluding carboxylic acids is 1. The average molecular weight is 354 g/mol. The Hall–Kier alpha value is -2.74. The molecule has 8 nitrogen and oxygen atoms in total. The van der Waals surface area contributed by atoms with Crippen LogP contribution in [0, 0.1) is 0 Å². The largest absolute Gasteiger partial charge is 0.382 e. The Morgan fingerprint density at radius 3 is 2.92 bits per heavy atom. The van der Waals surface area contributed by atoms with E-state index in [2.05, 4.69) is 15.4 Å². The fraction of sp³-hybridized carbons (Fsp3) is 0.444. The number of hydrogen-bond donors (Lipinski definition) is 0. The minimum atomic E-state index is -0.252. The summed E-state index contributed by atoms with van der Waals surface area (Å²) >= 11 is 0. The lowest BCUT2D eigenvalue weighted by molar-refractivity contribution is 0.0486. The number of benzene rings is 1. The third kappa shape index (κ3) is 2.48. The SMILES string of the molecule is CCn1nnc2c1CCN(C(=O)c1nn(C)c3ccccc13)[C@@H]2COC. The molecule has 1 aliphatic heterocycles. The molecule has 3 aromatic rings. The van der Waals surface area contributed by atoms with Gasteiger partial charge in [0.15, 0.2) is 5.69 Å². The molecule has 1 atom stereocenters. The van der Waals surface area contributed by atoms with Crippen LogP contribution in [0.15, 0.2) is 24.3 Å². The Bertz CT molecular complexity index is 960. The van der Waals surface area contributed by atoms with E-state index in [-0.39, 0.29) is 11.9 Å². The van der Waals surface area contributed by atoms with Crippen LogP contribution in [0.4, 0.5) is 0 Å². The van der Waals surface area contributed by atoms with E-state index in [1.165, 1.54) is 0 Å². The molecule has 8 heteroatoms. The first-order chi connectivity index (χ1) is 12.7. The van der Waals surface area contributed by atoms with Crippen molar-refractivity contribution in [2.45, 2.75) is 25.9 Å². The molecule has 0 radical (unpaired) electrons. The predicted octanol–water partition coefficient (Wildman–Crippen LogP) is 1.57. The molecule has 1 amide bonds. The highest BCUT2D eigenvalue weighted by Gasteiger charge is 2.36. The maximum atomic E-state index is 13.3. The van der Waals surface area contributed by atoms with Crippen LogP contribution in [0.2, 0.25) is 0 Å². The number of aromatic nitrogens is 5. The van der Waals surface area contributed by atoms with E-state index in [0.717, 1.165) is 35.3 Å². The number of ether oxygens (including phenoxy) is 1. The van der Waals surface area contributed by atoms with E-state index in [9.17, 15) is 4.79 Å². The second kappa shape index (κ2) is 6.53. The van der Waals surface area contributed by atoms with Gasteiger partial charge in [-0.25, -0.2) is 4.68 Å². The molecule has 0 fully saturated rings. The summed E-state index contributed by atoms with van der Waals surface area (Å²) in [5.41, 5.74) is 3.32. The molecule has 0 saturated heterocycles. The van der Waals surface area contributed by atoms with Crippen molar-refractivity contribution in [1.29, 1.82) is 0 Å². The number of amides is 1. The summed E-state index contributed by atoms with van der Waals surface area (Å²) in [7, 11) is 3.49. The highest BCUT2D eigenvalue weighted by molar-refractivity contribution is 6.05. The molecule has 1 aliphatic rings. The quantitative estimate of drug-likeness (QED) is 0.711. The Kier molecular flexibility index (Phi) is 4.20. The van der Waals surface area contributed by atoms with Gasteiger partial charge in [0.2, 0.25) is 0 Å². The lowest BCUT2D eigenvalue weighted by Gasteiger charge is -2.34. The minimum Gasteiger partial charge on any atom is -0.382 e. The molecule has 4 rings (SSSR count). The van der Waals surface area contributed by atoms with E-state index in [1.807, 2.05) is 47.8 Å². The highest BCUT2D eigenvalue weighted by atomic mass is 16.5. The summed E-state index contributed by atoms with van der Waals surface area (Å²) in [6.07, 6.45) is 0.729. The number of carbonyl (C=O) groups is 1. The van der Waals surface area contributed by atoms with Gasteiger partial charge in [-0.15, -0.1) is 5.10 Å². The van der Waals surface area contributed by atoms with Crippen LogP contribution in [0.3, 0.4) is 0 Å². The lowest BCUT2D eigenvalue weighted by atomic mass is 10.0. The first-order valence-electron chi connectivity index (χ1n) is 8.79. The van der Waals surface area contributed by atoms with Crippen molar-refractivity contribution in [2.75, 3.05) is 20.3 Å². The lowest BCUT2D eigenvalue weighted by Crippen LogP contribution is -2.42. The Morgan fingerprint density at radius 2 is 2.15 bits per heavy atom. The summed E-state index contributed by atoms with van der Waals surface area (Å²) in [6.45, 7) is 3.78. The topological polar surface area (TPSA) is 78.1 Å². The average Bonchev–Trinajstić information content (AvgIpc) is 3.23. The van der Waals surface area contributed by atoms with Crippen molar-refractivity contribution in [3.63, 3.8) is 0 Å². The van der Waals surface area contributed by atoms with Gasteiger partial charge >= 0.3 is 0 Å². The molecular formula is C18H22N6O2. The Balaban J connectivity index is 1.75. The fourth-order valence-corrected chi connectivity index (χ4v) is 3.72. The van der Waals surface area contributed by atoms with Gasteiger partial charge in [-0.2, -0.15) is 5.10 Å². The van der Waals surface area contributed by atoms with Crippen molar-refractivity contribution < 1.29 is 9.53 Å². The van der Waals surface area contributed by atoms with Crippen LogP contribution in [-0.2, 0) is 24.8 Å². The molecule has 0 bridgehead atoms. The molecule has 0 unspecified atom stereocenters. The summed E-state index contributed by atoms with van der Waals surface area (Å²) in [5, 5.41) is 13.9. The molecule has 0 N–H and O–H groups in total. The van der Waals surface area contributed by atoms with Gasteiger partial charge in [-0.3, -0.25) is 9.48 Å². The number of para-hydroxylation sites is 1. The first kappa shape index (κ1) is 16.7. The van der Waals surface area contributed by atoms with Crippen molar-refractivity contribution >= 4 is 16.8 Å². The monoisotopic (exact) mass is 354 g/mol. The normalized spacial score (nSPS) is 16.9.